The smallest absolute Gasteiger partial charge is 0.255 e. The molecule has 0 fully saturated rings. The highest BCUT2D eigenvalue weighted by molar-refractivity contribution is 6.05. The molecule has 3 rings (SSSR count). The third-order valence-electron chi connectivity index (χ3n) is 3.98. The van der Waals surface area contributed by atoms with Crippen molar-refractivity contribution in [1.82, 2.24) is 4.98 Å². The van der Waals surface area contributed by atoms with Gasteiger partial charge in [0.2, 0.25) is 5.56 Å². The lowest BCUT2D eigenvalue weighted by atomic mass is 10.0. The zero-order valence-electron chi connectivity index (χ0n) is 13.8. The van der Waals surface area contributed by atoms with Crippen LogP contribution >= 0.6 is 0 Å². The summed E-state index contributed by atoms with van der Waals surface area (Å²) in [5, 5.41) is 12.6. The second-order valence-corrected chi connectivity index (χ2v) is 5.81. The number of aromatic amines is 1. The molecule has 0 atom stereocenters. The third-order valence-corrected chi connectivity index (χ3v) is 3.98. The normalized spacial score (nSPS) is 10.4. The van der Waals surface area contributed by atoms with E-state index < -0.39 is 0 Å². The first-order valence-electron chi connectivity index (χ1n) is 8.08. The van der Waals surface area contributed by atoms with Crippen LogP contribution in [0.4, 0.5) is 5.69 Å². The number of fused-ring (bicyclic) bond motifs is 1. The molecule has 124 valence electrons. The molecule has 0 radical (unpaired) electrons. The van der Waals surface area contributed by atoms with E-state index in [0.29, 0.717) is 22.3 Å². The van der Waals surface area contributed by atoms with Gasteiger partial charge in [-0.1, -0.05) is 19.4 Å². The minimum absolute atomic E-state index is 0.147. The van der Waals surface area contributed by atoms with Crippen LogP contribution in [0.25, 0.3) is 10.9 Å². The Morgan fingerprint density at radius 1 is 1.16 bits per heavy atom. The average molecular weight is 331 g/mol. The lowest BCUT2D eigenvalue weighted by molar-refractivity contribution is 0.102. The number of nitrogens with one attached hydrogen (secondary N) is 2. The van der Waals surface area contributed by atoms with Crippen molar-refractivity contribution in [3.05, 3.63) is 75.6 Å². The summed E-state index contributed by atoms with van der Waals surface area (Å²) in [7, 11) is 0. The summed E-state index contributed by atoms with van der Waals surface area (Å²) in [6.07, 6.45) is 1.78. The van der Waals surface area contributed by atoms with Crippen molar-refractivity contribution in [3.8, 4) is 6.07 Å². The van der Waals surface area contributed by atoms with Crippen LogP contribution in [0.1, 0.15) is 34.8 Å². The number of hydrogen-bond acceptors (Lipinski definition) is 3. The molecule has 0 aliphatic heterocycles. The van der Waals surface area contributed by atoms with Crippen molar-refractivity contribution in [2.45, 2.75) is 19.8 Å². The summed E-state index contributed by atoms with van der Waals surface area (Å²) in [6, 6.07) is 15.6. The molecule has 5 heteroatoms. The number of pyridine rings is 1. The van der Waals surface area contributed by atoms with Crippen LogP contribution in [0.15, 0.2) is 53.3 Å². The van der Waals surface area contributed by atoms with Crippen molar-refractivity contribution >= 4 is 22.5 Å². The van der Waals surface area contributed by atoms with Gasteiger partial charge in [0.1, 0.15) is 0 Å². The number of amides is 1. The molecule has 1 amide bonds. The van der Waals surface area contributed by atoms with E-state index in [-0.39, 0.29) is 11.5 Å². The van der Waals surface area contributed by atoms with Gasteiger partial charge in [0.05, 0.1) is 17.1 Å². The number of H-pyrrole nitrogens is 1. The predicted octanol–water partition coefficient (Wildman–Crippen LogP) is 3.60. The van der Waals surface area contributed by atoms with Gasteiger partial charge in [-0.15, -0.1) is 0 Å². The molecule has 25 heavy (non-hydrogen) atoms. The highest BCUT2D eigenvalue weighted by atomic mass is 16.1. The minimum atomic E-state index is -0.268. The molecule has 0 saturated carbocycles. The highest BCUT2D eigenvalue weighted by Gasteiger charge is 2.08. The summed E-state index contributed by atoms with van der Waals surface area (Å²) >= 11 is 0. The molecular weight excluding hydrogens is 314 g/mol. The third kappa shape index (κ3) is 3.59. The zero-order chi connectivity index (χ0) is 17.8. The van der Waals surface area contributed by atoms with Crippen molar-refractivity contribution in [3.63, 3.8) is 0 Å². The Hall–Kier alpha value is -3.39. The molecule has 0 bridgehead atoms. The molecule has 3 aromatic rings. The Kier molecular flexibility index (Phi) is 4.62. The topological polar surface area (TPSA) is 85.8 Å². The van der Waals surface area contributed by atoms with Gasteiger partial charge in [-0.25, -0.2) is 0 Å². The van der Waals surface area contributed by atoms with E-state index >= 15 is 0 Å². The molecule has 0 unspecified atom stereocenters. The van der Waals surface area contributed by atoms with Crippen LogP contribution < -0.4 is 10.9 Å². The number of aryl methyl sites for hydroxylation is 1. The highest BCUT2D eigenvalue weighted by Crippen LogP contribution is 2.21. The SMILES string of the molecule is CCCc1cc(=O)[nH]c2cc(NC(=O)c3ccc(C#N)cc3)ccc12. The van der Waals surface area contributed by atoms with Gasteiger partial charge in [-0.3, -0.25) is 9.59 Å². The molecule has 1 heterocycles. The lowest BCUT2D eigenvalue weighted by Gasteiger charge is -2.09. The second-order valence-electron chi connectivity index (χ2n) is 5.81. The maximum absolute atomic E-state index is 12.3. The van der Waals surface area contributed by atoms with E-state index in [9.17, 15) is 9.59 Å². The summed E-state index contributed by atoms with van der Waals surface area (Å²) in [6.45, 7) is 2.07. The molecule has 5 nitrogen and oxygen atoms in total. The Labute approximate surface area is 144 Å². The van der Waals surface area contributed by atoms with E-state index in [0.717, 1.165) is 23.8 Å². The Morgan fingerprint density at radius 2 is 1.92 bits per heavy atom. The van der Waals surface area contributed by atoms with E-state index in [4.69, 9.17) is 5.26 Å². The van der Waals surface area contributed by atoms with E-state index in [1.54, 1.807) is 36.4 Å². The second kappa shape index (κ2) is 7.02. The number of carbonyl (C=O) groups excluding carboxylic acids is 1. The average Bonchev–Trinajstić information content (AvgIpc) is 2.61. The van der Waals surface area contributed by atoms with Gasteiger partial charge in [-0.2, -0.15) is 5.26 Å². The molecule has 0 saturated heterocycles. The number of rotatable bonds is 4. The van der Waals surface area contributed by atoms with Crippen LogP contribution in [-0.2, 0) is 6.42 Å². The van der Waals surface area contributed by atoms with Crippen molar-refractivity contribution in [1.29, 1.82) is 5.26 Å². The van der Waals surface area contributed by atoms with Crippen LogP contribution in [0.5, 0.6) is 0 Å². The Bertz CT molecular complexity index is 1030. The van der Waals surface area contributed by atoms with Crippen molar-refractivity contribution in [2.75, 3.05) is 5.32 Å². The molecule has 1 aromatic heterocycles. The Morgan fingerprint density at radius 3 is 2.60 bits per heavy atom. The van der Waals surface area contributed by atoms with Crippen LogP contribution in [0.2, 0.25) is 0 Å². The van der Waals surface area contributed by atoms with E-state index in [2.05, 4.69) is 17.2 Å². The monoisotopic (exact) mass is 331 g/mol. The maximum Gasteiger partial charge on any atom is 0.255 e. The molecule has 2 aromatic carbocycles. The number of aromatic nitrogens is 1. The van der Waals surface area contributed by atoms with Gasteiger partial charge in [0.25, 0.3) is 5.91 Å². The minimum Gasteiger partial charge on any atom is -0.322 e. The van der Waals surface area contributed by atoms with Gasteiger partial charge in [0.15, 0.2) is 0 Å². The van der Waals surface area contributed by atoms with Gasteiger partial charge in [-0.05, 0) is 48.4 Å². The van der Waals surface area contributed by atoms with Crippen molar-refractivity contribution in [2.24, 2.45) is 0 Å². The molecule has 2 N–H and O–H groups in total. The van der Waals surface area contributed by atoms with E-state index in [1.807, 2.05) is 18.2 Å². The molecule has 0 aliphatic rings. The molecular formula is C20H17N3O2. The van der Waals surface area contributed by atoms with Gasteiger partial charge in [0, 0.05) is 22.7 Å². The quantitative estimate of drug-likeness (QED) is 0.766. The predicted molar refractivity (Wildman–Crippen MR) is 97.7 cm³/mol. The number of anilines is 1. The first-order chi connectivity index (χ1) is 12.1. The molecule has 0 aliphatic carbocycles. The van der Waals surface area contributed by atoms with Crippen LogP contribution in [-0.4, -0.2) is 10.9 Å². The largest absolute Gasteiger partial charge is 0.322 e. The molecule has 0 spiro atoms. The first kappa shape index (κ1) is 16.5. The summed E-state index contributed by atoms with van der Waals surface area (Å²) in [5.41, 5.74) is 3.13. The van der Waals surface area contributed by atoms with Crippen LogP contribution in [0.3, 0.4) is 0 Å². The van der Waals surface area contributed by atoms with Crippen molar-refractivity contribution < 1.29 is 4.79 Å². The summed E-state index contributed by atoms with van der Waals surface area (Å²) in [5.74, 6) is -0.268. The number of nitrogens with zero attached hydrogens (tertiary/aromatic N) is 1. The van der Waals surface area contributed by atoms with E-state index in [1.165, 1.54) is 0 Å². The lowest BCUT2D eigenvalue weighted by Crippen LogP contribution is -2.12. The Balaban J connectivity index is 1.90. The van der Waals surface area contributed by atoms with Crippen LogP contribution in [0, 0.1) is 11.3 Å². The fraction of sp³-hybridized carbons (Fsp3) is 0.150. The summed E-state index contributed by atoms with van der Waals surface area (Å²) < 4.78 is 0. The summed E-state index contributed by atoms with van der Waals surface area (Å²) in [4.78, 5) is 27.0. The van der Waals surface area contributed by atoms with Gasteiger partial charge < -0.3 is 10.3 Å². The fourth-order valence-electron chi connectivity index (χ4n) is 2.79. The number of carbonyl (C=O) groups is 1. The number of benzene rings is 2. The zero-order valence-corrected chi connectivity index (χ0v) is 13.8. The number of nitriles is 1. The number of hydrogen-bond donors (Lipinski definition) is 2. The van der Waals surface area contributed by atoms with Gasteiger partial charge >= 0.3 is 0 Å². The standard InChI is InChI=1S/C20H17N3O2/c1-2-3-15-10-19(24)23-18-11-16(8-9-17(15)18)22-20(25)14-6-4-13(12-21)5-7-14/h4-11H,2-3H2,1H3,(H,22,25)(H,23,24). The first-order valence-corrected chi connectivity index (χ1v) is 8.08. The maximum atomic E-state index is 12.3. The fourth-order valence-corrected chi connectivity index (χ4v) is 2.79.